The van der Waals surface area contributed by atoms with Crippen LogP contribution in [0.25, 0.3) is 11.1 Å². The SMILES string of the molecule is OCCC/C(=C(/C1=CC=C(N2CCN(C3CCCC3)CC2)CC1)c1ccc(O)cc1)c1ccccc1. The van der Waals surface area contributed by atoms with Crippen LogP contribution in [0, 0.1) is 0 Å². The van der Waals surface area contributed by atoms with Crippen LogP contribution in [0.2, 0.25) is 0 Å². The van der Waals surface area contributed by atoms with Gasteiger partial charge in [-0.2, -0.15) is 0 Å². The van der Waals surface area contributed by atoms with Gasteiger partial charge in [0.2, 0.25) is 0 Å². The minimum absolute atomic E-state index is 0.176. The van der Waals surface area contributed by atoms with Crippen molar-refractivity contribution in [2.75, 3.05) is 32.8 Å². The van der Waals surface area contributed by atoms with Gasteiger partial charge < -0.3 is 15.1 Å². The fourth-order valence-corrected chi connectivity index (χ4v) is 6.23. The molecule has 0 spiro atoms. The summed E-state index contributed by atoms with van der Waals surface area (Å²) in [4.78, 5) is 5.33. The molecule has 1 heterocycles. The Bertz CT molecular complexity index is 1090. The molecule has 0 aromatic heterocycles. The summed E-state index contributed by atoms with van der Waals surface area (Å²) in [6.45, 7) is 4.83. The van der Waals surface area contributed by atoms with Crippen molar-refractivity contribution in [1.82, 2.24) is 9.80 Å². The molecule has 2 fully saturated rings. The average molecular weight is 485 g/mol. The van der Waals surface area contributed by atoms with Gasteiger partial charge >= 0.3 is 0 Å². The topological polar surface area (TPSA) is 46.9 Å². The Morgan fingerprint density at radius 3 is 2.17 bits per heavy atom. The van der Waals surface area contributed by atoms with E-state index in [1.54, 1.807) is 12.1 Å². The van der Waals surface area contributed by atoms with Crippen LogP contribution >= 0.6 is 0 Å². The Morgan fingerprint density at radius 2 is 1.53 bits per heavy atom. The van der Waals surface area contributed by atoms with Gasteiger partial charge in [-0.25, -0.2) is 0 Å². The summed E-state index contributed by atoms with van der Waals surface area (Å²) in [6.07, 6.45) is 13.9. The number of benzene rings is 2. The minimum Gasteiger partial charge on any atom is -0.508 e. The Hall–Kier alpha value is -2.82. The second kappa shape index (κ2) is 11.9. The fourth-order valence-electron chi connectivity index (χ4n) is 6.23. The van der Waals surface area contributed by atoms with Crippen molar-refractivity contribution in [3.63, 3.8) is 0 Å². The smallest absolute Gasteiger partial charge is 0.115 e. The molecule has 36 heavy (non-hydrogen) atoms. The van der Waals surface area contributed by atoms with E-state index in [1.807, 2.05) is 12.1 Å². The summed E-state index contributed by atoms with van der Waals surface area (Å²) in [6, 6.07) is 19.0. The summed E-state index contributed by atoms with van der Waals surface area (Å²) in [5.74, 6) is 0.284. The maximum Gasteiger partial charge on any atom is 0.115 e. The lowest BCUT2D eigenvalue weighted by Gasteiger charge is -2.40. The largest absolute Gasteiger partial charge is 0.508 e. The molecule has 2 aromatic carbocycles. The van der Waals surface area contributed by atoms with Crippen LogP contribution in [0.3, 0.4) is 0 Å². The molecule has 2 N–H and O–H groups in total. The summed E-state index contributed by atoms with van der Waals surface area (Å²) in [7, 11) is 0. The molecule has 0 bridgehead atoms. The molecule has 1 saturated carbocycles. The van der Waals surface area contributed by atoms with Crippen LogP contribution in [0.1, 0.15) is 62.5 Å². The van der Waals surface area contributed by atoms with Crippen molar-refractivity contribution in [2.24, 2.45) is 0 Å². The van der Waals surface area contributed by atoms with Gasteiger partial charge in [0.1, 0.15) is 5.75 Å². The molecular formula is C32H40N2O2. The number of hydrogen-bond acceptors (Lipinski definition) is 4. The number of aliphatic hydroxyl groups is 1. The molecule has 1 aliphatic heterocycles. The van der Waals surface area contributed by atoms with Crippen LogP contribution in [-0.2, 0) is 0 Å². The van der Waals surface area contributed by atoms with Gasteiger partial charge in [-0.3, -0.25) is 4.90 Å². The van der Waals surface area contributed by atoms with Crippen molar-refractivity contribution in [1.29, 1.82) is 0 Å². The van der Waals surface area contributed by atoms with Crippen LogP contribution in [-0.4, -0.2) is 58.8 Å². The summed E-state index contributed by atoms with van der Waals surface area (Å²) in [5, 5.41) is 19.6. The van der Waals surface area contributed by atoms with Gasteiger partial charge in [-0.1, -0.05) is 61.4 Å². The third-order valence-corrected chi connectivity index (χ3v) is 8.17. The number of allylic oxidation sites excluding steroid dienone is 6. The molecule has 5 rings (SSSR count). The molecule has 0 amide bonds. The van der Waals surface area contributed by atoms with Gasteiger partial charge in [0.15, 0.2) is 0 Å². The molecule has 2 aromatic rings. The van der Waals surface area contributed by atoms with E-state index in [2.05, 4.69) is 52.3 Å². The Labute approximate surface area is 216 Å². The second-order valence-corrected chi connectivity index (χ2v) is 10.4. The van der Waals surface area contributed by atoms with Crippen molar-refractivity contribution in [2.45, 2.75) is 57.4 Å². The zero-order valence-corrected chi connectivity index (χ0v) is 21.4. The normalized spacial score (nSPS) is 20.2. The number of phenolic OH excluding ortho intramolecular Hbond substituents is 1. The van der Waals surface area contributed by atoms with E-state index < -0.39 is 0 Å². The first-order valence-corrected chi connectivity index (χ1v) is 13.8. The van der Waals surface area contributed by atoms with Crippen LogP contribution in [0.5, 0.6) is 5.75 Å². The minimum atomic E-state index is 0.176. The van der Waals surface area contributed by atoms with E-state index in [0.717, 1.165) is 50.4 Å². The number of piperazine rings is 1. The monoisotopic (exact) mass is 484 g/mol. The van der Waals surface area contributed by atoms with Crippen LogP contribution < -0.4 is 0 Å². The Morgan fingerprint density at radius 1 is 0.806 bits per heavy atom. The lowest BCUT2D eigenvalue weighted by molar-refractivity contribution is 0.115. The maximum atomic E-state index is 9.93. The number of rotatable bonds is 8. The number of aromatic hydroxyl groups is 1. The van der Waals surface area contributed by atoms with Gasteiger partial charge in [0, 0.05) is 44.5 Å². The van der Waals surface area contributed by atoms with E-state index in [-0.39, 0.29) is 12.4 Å². The summed E-state index contributed by atoms with van der Waals surface area (Å²) < 4.78 is 0. The predicted octanol–water partition coefficient (Wildman–Crippen LogP) is 6.24. The van der Waals surface area contributed by atoms with Gasteiger partial charge in [0.25, 0.3) is 0 Å². The van der Waals surface area contributed by atoms with Crippen molar-refractivity contribution >= 4 is 11.1 Å². The highest BCUT2D eigenvalue weighted by Gasteiger charge is 2.27. The molecule has 2 aliphatic carbocycles. The number of nitrogens with zero attached hydrogens (tertiary/aromatic N) is 2. The van der Waals surface area contributed by atoms with Gasteiger partial charge in [-0.15, -0.1) is 0 Å². The number of phenols is 1. The molecule has 0 radical (unpaired) electrons. The van der Waals surface area contributed by atoms with E-state index in [4.69, 9.17) is 0 Å². The zero-order valence-electron chi connectivity index (χ0n) is 21.4. The third-order valence-electron chi connectivity index (χ3n) is 8.17. The maximum absolute atomic E-state index is 9.93. The highest BCUT2D eigenvalue weighted by atomic mass is 16.3. The quantitative estimate of drug-likeness (QED) is 0.436. The van der Waals surface area contributed by atoms with E-state index >= 15 is 0 Å². The van der Waals surface area contributed by atoms with Crippen molar-refractivity contribution in [3.8, 4) is 5.75 Å². The highest BCUT2D eigenvalue weighted by Crippen LogP contribution is 2.39. The summed E-state index contributed by atoms with van der Waals surface area (Å²) >= 11 is 0. The average Bonchev–Trinajstić information content (AvgIpc) is 3.48. The molecule has 4 heteroatoms. The molecule has 4 nitrogen and oxygen atoms in total. The van der Waals surface area contributed by atoms with E-state index in [9.17, 15) is 10.2 Å². The molecule has 0 unspecified atom stereocenters. The number of aliphatic hydroxyl groups excluding tert-OH is 1. The first-order chi connectivity index (χ1) is 17.7. The fraction of sp³-hybridized carbons (Fsp3) is 0.438. The van der Waals surface area contributed by atoms with E-state index in [1.165, 1.54) is 66.8 Å². The van der Waals surface area contributed by atoms with Gasteiger partial charge in [0.05, 0.1) is 0 Å². The lowest BCUT2D eigenvalue weighted by Crippen LogP contribution is -2.49. The first-order valence-electron chi connectivity index (χ1n) is 13.8. The van der Waals surface area contributed by atoms with Crippen LogP contribution in [0.4, 0.5) is 0 Å². The molecule has 1 saturated heterocycles. The van der Waals surface area contributed by atoms with Crippen molar-refractivity contribution < 1.29 is 10.2 Å². The lowest BCUT2D eigenvalue weighted by atomic mass is 9.83. The standard InChI is InChI=1S/C32H40N2O2/c35-24-6-11-31(25-7-2-1-3-8-25)32(27-14-18-30(36)19-15-27)26-12-16-29(17-13-26)34-22-20-33(21-23-34)28-9-4-5-10-28/h1-3,7-8,12,14-16,18-19,28,35-36H,4-6,9-11,13,17,20-24H2/b32-31+. The van der Waals surface area contributed by atoms with Crippen molar-refractivity contribution in [3.05, 3.63) is 89.1 Å². The van der Waals surface area contributed by atoms with Gasteiger partial charge in [-0.05, 0) is 84.6 Å². The third kappa shape index (κ3) is 5.77. The first kappa shape index (κ1) is 24.9. The molecular weight excluding hydrogens is 444 g/mol. The number of hydrogen-bond donors (Lipinski definition) is 2. The molecule has 3 aliphatic rings. The molecule has 190 valence electrons. The zero-order chi connectivity index (χ0) is 24.7. The Kier molecular flexibility index (Phi) is 8.25. The van der Waals surface area contributed by atoms with Crippen LogP contribution in [0.15, 0.2) is 78.0 Å². The predicted molar refractivity (Wildman–Crippen MR) is 148 cm³/mol. The highest BCUT2D eigenvalue weighted by molar-refractivity contribution is 5.98. The van der Waals surface area contributed by atoms with E-state index in [0.29, 0.717) is 0 Å². The second-order valence-electron chi connectivity index (χ2n) is 10.4. The Balaban J connectivity index is 1.43. The molecule has 0 atom stereocenters. The summed E-state index contributed by atoms with van der Waals surface area (Å²) in [5.41, 5.74) is 7.64.